The Bertz CT molecular complexity index is 1650. The molecule has 2 amide bonds. The standard InChI is InChI=1S/C26H23ClFN5O6/c1-3-38-24(35)15-5-6-20(17(28)9-15)33(26(29)37)13-14-7-8-32(12-14)21-11-19-18(10-16(21)27)31-23(34)22(30-19)25(36)39-4-2/h5-12H,3-4,13H2,1-2H3,(H2,29,37)(H,31,34). The highest BCUT2D eigenvalue weighted by atomic mass is 35.5. The first kappa shape index (κ1) is 27.3. The van der Waals surface area contributed by atoms with E-state index in [2.05, 4.69) is 9.97 Å². The predicted molar refractivity (Wildman–Crippen MR) is 141 cm³/mol. The first-order valence-corrected chi connectivity index (χ1v) is 12.1. The normalized spacial score (nSPS) is 10.9. The maximum absolute atomic E-state index is 14.9. The number of nitrogens with two attached hydrogens (primary N) is 1. The van der Waals surface area contributed by atoms with Gasteiger partial charge >= 0.3 is 18.0 Å². The van der Waals surface area contributed by atoms with E-state index in [1.807, 2.05) is 0 Å². The maximum Gasteiger partial charge on any atom is 0.362 e. The molecule has 202 valence electrons. The number of fused-ring (bicyclic) bond motifs is 1. The Morgan fingerprint density at radius 2 is 1.82 bits per heavy atom. The summed E-state index contributed by atoms with van der Waals surface area (Å²) < 4.78 is 26.2. The van der Waals surface area contributed by atoms with Crippen LogP contribution in [0.15, 0.2) is 53.6 Å². The highest BCUT2D eigenvalue weighted by Crippen LogP contribution is 2.27. The number of aromatic amines is 1. The summed E-state index contributed by atoms with van der Waals surface area (Å²) in [4.78, 5) is 56.2. The van der Waals surface area contributed by atoms with Crippen molar-refractivity contribution in [2.24, 2.45) is 5.73 Å². The molecule has 11 nitrogen and oxygen atoms in total. The van der Waals surface area contributed by atoms with Gasteiger partial charge in [-0.15, -0.1) is 0 Å². The molecular weight excluding hydrogens is 533 g/mol. The second-order valence-corrected chi connectivity index (χ2v) is 8.60. The van der Waals surface area contributed by atoms with Gasteiger partial charge in [0.15, 0.2) is 0 Å². The smallest absolute Gasteiger partial charge is 0.362 e. The molecule has 0 saturated heterocycles. The predicted octanol–water partition coefficient (Wildman–Crippen LogP) is 3.95. The number of hydrogen-bond donors (Lipinski definition) is 2. The minimum absolute atomic E-state index is 0.000637. The molecule has 0 atom stereocenters. The third-order valence-corrected chi connectivity index (χ3v) is 5.92. The Kier molecular flexibility index (Phi) is 7.96. The lowest BCUT2D eigenvalue weighted by Crippen LogP contribution is -2.35. The van der Waals surface area contributed by atoms with E-state index in [1.54, 1.807) is 42.9 Å². The van der Waals surface area contributed by atoms with Gasteiger partial charge in [-0.3, -0.25) is 9.69 Å². The molecule has 3 N–H and O–H groups in total. The molecule has 0 saturated carbocycles. The molecule has 2 heterocycles. The van der Waals surface area contributed by atoms with Gasteiger partial charge in [0.2, 0.25) is 5.69 Å². The van der Waals surface area contributed by atoms with Crippen LogP contribution >= 0.6 is 11.6 Å². The molecule has 0 unspecified atom stereocenters. The third-order valence-electron chi connectivity index (χ3n) is 5.62. The minimum atomic E-state index is -0.908. The van der Waals surface area contributed by atoms with Crippen molar-refractivity contribution in [1.29, 1.82) is 0 Å². The number of nitrogens with zero attached hydrogens (tertiary/aromatic N) is 3. The highest BCUT2D eigenvalue weighted by Gasteiger charge is 2.21. The van der Waals surface area contributed by atoms with Crippen LogP contribution in [-0.2, 0) is 16.0 Å². The van der Waals surface area contributed by atoms with Gasteiger partial charge < -0.3 is 24.8 Å². The SMILES string of the molecule is CCOC(=O)c1ccc(N(Cc2ccn(-c3cc4nc(C(=O)OCC)c(=O)[nH]c4cc3Cl)c2)C(N)=O)c(F)c1. The van der Waals surface area contributed by atoms with Crippen molar-refractivity contribution in [3.8, 4) is 5.69 Å². The summed E-state index contributed by atoms with van der Waals surface area (Å²) in [6.45, 7) is 3.36. The number of urea groups is 1. The number of benzene rings is 2. The van der Waals surface area contributed by atoms with Crippen LogP contribution in [0.3, 0.4) is 0 Å². The van der Waals surface area contributed by atoms with Crippen LogP contribution in [0.25, 0.3) is 16.7 Å². The number of carbonyl (C=O) groups excluding carboxylic acids is 3. The zero-order valence-corrected chi connectivity index (χ0v) is 21.6. The quantitative estimate of drug-likeness (QED) is 0.313. The van der Waals surface area contributed by atoms with Crippen LogP contribution in [0.5, 0.6) is 0 Å². The highest BCUT2D eigenvalue weighted by molar-refractivity contribution is 6.33. The van der Waals surface area contributed by atoms with Gasteiger partial charge in [-0.05, 0) is 55.8 Å². The van der Waals surface area contributed by atoms with Gasteiger partial charge in [-0.1, -0.05) is 11.6 Å². The Morgan fingerprint density at radius 3 is 2.49 bits per heavy atom. The lowest BCUT2D eigenvalue weighted by molar-refractivity contribution is 0.0511. The zero-order chi connectivity index (χ0) is 28.3. The van der Waals surface area contributed by atoms with Gasteiger partial charge in [0.1, 0.15) is 5.82 Å². The van der Waals surface area contributed by atoms with E-state index in [-0.39, 0.29) is 47.2 Å². The Hall–Kier alpha value is -4.71. The van der Waals surface area contributed by atoms with Crippen LogP contribution in [0.4, 0.5) is 14.9 Å². The van der Waals surface area contributed by atoms with Crippen molar-refractivity contribution < 1.29 is 28.2 Å². The number of primary amides is 1. The second kappa shape index (κ2) is 11.4. The average molecular weight is 556 g/mol. The molecule has 0 aliphatic rings. The van der Waals surface area contributed by atoms with E-state index in [1.165, 1.54) is 18.2 Å². The summed E-state index contributed by atoms with van der Waals surface area (Å²) in [5.41, 5.74) is 5.95. The van der Waals surface area contributed by atoms with Crippen molar-refractivity contribution >= 4 is 46.3 Å². The summed E-state index contributed by atoms with van der Waals surface area (Å²) in [5.74, 6) is -2.37. The number of carbonyl (C=O) groups is 3. The number of hydrogen-bond acceptors (Lipinski definition) is 7. The monoisotopic (exact) mass is 555 g/mol. The van der Waals surface area contributed by atoms with Gasteiger partial charge in [0.05, 0.1) is 52.8 Å². The minimum Gasteiger partial charge on any atom is -0.462 e. The first-order valence-electron chi connectivity index (χ1n) is 11.7. The molecule has 2 aromatic heterocycles. The van der Waals surface area contributed by atoms with E-state index in [0.717, 1.165) is 11.0 Å². The molecule has 39 heavy (non-hydrogen) atoms. The largest absolute Gasteiger partial charge is 0.462 e. The second-order valence-electron chi connectivity index (χ2n) is 8.19. The fourth-order valence-electron chi connectivity index (χ4n) is 3.85. The molecular formula is C26H23ClFN5O6. The van der Waals surface area contributed by atoms with Crippen LogP contribution in [0.2, 0.25) is 5.02 Å². The summed E-state index contributed by atoms with van der Waals surface area (Å²) in [5, 5.41) is 0.262. The maximum atomic E-state index is 14.9. The van der Waals surface area contributed by atoms with Crippen molar-refractivity contribution in [3.63, 3.8) is 0 Å². The number of H-pyrrole nitrogens is 1. The molecule has 0 radical (unpaired) electrons. The van der Waals surface area contributed by atoms with Gasteiger partial charge in [-0.25, -0.2) is 23.8 Å². The molecule has 0 aliphatic carbocycles. The van der Waals surface area contributed by atoms with Crippen molar-refractivity contribution in [1.82, 2.24) is 14.5 Å². The molecule has 0 aliphatic heterocycles. The van der Waals surface area contributed by atoms with Crippen LogP contribution in [0, 0.1) is 5.82 Å². The van der Waals surface area contributed by atoms with Crippen molar-refractivity contribution in [2.75, 3.05) is 18.1 Å². The zero-order valence-electron chi connectivity index (χ0n) is 20.9. The van der Waals surface area contributed by atoms with E-state index in [0.29, 0.717) is 16.8 Å². The summed E-state index contributed by atoms with van der Waals surface area (Å²) in [6.07, 6.45) is 3.30. The first-order chi connectivity index (χ1) is 18.6. The number of nitrogens with one attached hydrogen (secondary N) is 1. The summed E-state index contributed by atoms with van der Waals surface area (Å²) in [6, 6.07) is 7.42. The number of aromatic nitrogens is 3. The van der Waals surface area contributed by atoms with E-state index >= 15 is 0 Å². The van der Waals surface area contributed by atoms with Crippen LogP contribution in [0.1, 0.15) is 40.3 Å². The van der Waals surface area contributed by atoms with Crippen LogP contribution in [-0.4, -0.2) is 45.7 Å². The molecule has 0 bridgehead atoms. The average Bonchev–Trinajstić information content (AvgIpc) is 3.35. The van der Waals surface area contributed by atoms with Gasteiger partial charge in [0.25, 0.3) is 5.56 Å². The third kappa shape index (κ3) is 5.75. The number of anilines is 1. The van der Waals surface area contributed by atoms with Gasteiger partial charge in [0, 0.05) is 12.4 Å². The molecule has 13 heteroatoms. The van der Waals surface area contributed by atoms with E-state index in [4.69, 9.17) is 26.8 Å². The molecule has 2 aromatic carbocycles. The number of halogens is 2. The summed E-state index contributed by atoms with van der Waals surface area (Å²) in [7, 11) is 0. The molecule has 0 fully saturated rings. The van der Waals surface area contributed by atoms with E-state index in [9.17, 15) is 23.6 Å². The van der Waals surface area contributed by atoms with Crippen molar-refractivity contribution in [2.45, 2.75) is 20.4 Å². The number of esters is 2. The lowest BCUT2D eigenvalue weighted by Gasteiger charge is -2.21. The molecule has 0 spiro atoms. The number of rotatable bonds is 8. The Morgan fingerprint density at radius 1 is 1.10 bits per heavy atom. The summed E-state index contributed by atoms with van der Waals surface area (Å²) >= 11 is 6.45. The molecule has 4 aromatic rings. The fourth-order valence-corrected chi connectivity index (χ4v) is 4.11. The van der Waals surface area contributed by atoms with Gasteiger partial charge in [-0.2, -0.15) is 0 Å². The van der Waals surface area contributed by atoms with Crippen molar-refractivity contribution in [3.05, 3.63) is 86.8 Å². The Balaban J connectivity index is 1.64. The number of ether oxygens (including phenoxy) is 2. The fraction of sp³-hybridized carbons (Fsp3) is 0.192. The molecule has 4 rings (SSSR count). The topological polar surface area (TPSA) is 150 Å². The van der Waals surface area contributed by atoms with Crippen LogP contribution < -0.4 is 16.2 Å². The Labute approximate surface area is 225 Å². The lowest BCUT2D eigenvalue weighted by atomic mass is 10.1. The van der Waals surface area contributed by atoms with E-state index < -0.39 is 29.3 Å². The number of amides is 2.